The molecule has 1 amide bonds. The van der Waals surface area contributed by atoms with E-state index in [0.717, 1.165) is 24.1 Å². The van der Waals surface area contributed by atoms with Gasteiger partial charge in [0.1, 0.15) is 5.82 Å². The molecule has 1 aromatic heterocycles. The zero-order valence-corrected chi connectivity index (χ0v) is 11.2. The highest BCUT2D eigenvalue weighted by molar-refractivity contribution is 5.75. The van der Waals surface area contributed by atoms with Crippen LogP contribution in [0.1, 0.15) is 24.1 Å². The number of nitrogens with one attached hydrogen (secondary N) is 1. The standard InChI is InChI=1S/C16H17FN2O/c17-14-6-3-5-13(11-14)12-19-16(20)9-4-8-15-7-1-2-10-18-15/h1-3,5-7,10-11H,4,8-9,12H2,(H,19,20). The van der Waals surface area contributed by atoms with Gasteiger partial charge in [0.2, 0.25) is 5.91 Å². The summed E-state index contributed by atoms with van der Waals surface area (Å²) in [4.78, 5) is 15.9. The Morgan fingerprint density at radius 2 is 2.10 bits per heavy atom. The Kier molecular flexibility index (Phi) is 5.24. The molecule has 0 saturated carbocycles. The summed E-state index contributed by atoms with van der Waals surface area (Å²) in [7, 11) is 0. The molecule has 0 spiro atoms. The number of halogens is 1. The van der Waals surface area contributed by atoms with E-state index in [1.807, 2.05) is 18.2 Å². The van der Waals surface area contributed by atoms with Crippen molar-refractivity contribution in [2.24, 2.45) is 0 Å². The first kappa shape index (κ1) is 14.2. The number of benzene rings is 1. The summed E-state index contributed by atoms with van der Waals surface area (Å²) < 4.78 is 13.0. The second kappa shape index (κ2) is 7.38. The number of nitrogens with zero attached hydrogens (tertiary/aromatic N) is 1. The molecule has 4 heteroatoms. The minimum absolute atomic E-state index is 0.0230. The highest BCUT2D eigenvalue weighted by atomic mass is 19.1. The second-order valence-corrected chi connectivity index (χ2v) is 4.58. The summed E-state index contributed by atoms with van der Waals surface area (Å²) in [6.45, 7) is 0.361. The third-order valence-electron chi connectivity index (χ3n) is 2.94. The molecule has 1 N–H and O–H groups in total. The molecular formula is C16H17FN2O. The number of pyridine rings is 1. The van der Waals surface area contributed by atoms with Crippen molar-refractivity contribution in [2.45, 2.75) is 25.8 Å². The van der Waals surface area contributed by atoms with Crippen LogP contribution in [-0.4, -0.2) is 10.9 Å². The van der Waals surface area contributed by atoms with Gasteiger partial charge in [-0.1, -0.05) is 18.2 Å². The number of hydrogen-bond acceptors (Lipinski definition) is 2. The van der Waals surface area contributed by atoms with Crippen molar-refractivity contribution < 1.29 is 9.18 Å². The smallest absolute Gasteiger partial charge is 0.220 e. The fourth-order valence-electron chi connectivity index (χ4n) is 1.91. The molecule has 0 aliphatic rings. The topological polar surface area (TPSA) is 42.0 Å². The van der Waals surface area contributed by atoms with Gasteiger partial charge in [-0.15, -0.1) is 0 Å². The Balaban J connectivity index is 1.68. The van der Waals surface area contributed by atoms with E-state index in [9.17, 15) is 9.18 Å². The lowest BCUT2D eigenvalue weighted by Gasteiger charge is -2.05. The van der Waals surface area contributed by atoms with Crippen LogP contribution in [-0.2, 0) is 17.8 Å². The Labute approximate surface area is 117 Å². The Morgan fingerprint density at radius 1 is 1.20 bits per heavy atom. The molecule has 1 heterocycles. The lowest BCUT2D eigenvalue weighted by Crippen LogP contribution is -2.22. The Morgan fingerprint density at radius 3 is 2.85 bits per heavy atom. The first-order chi connectivity index (χ1) is 9.74. The molecule has 2 rings (SSSR count). The van der Waals surface area contributed by atoms with E-state index < -0.39 is 0 Å². The van der Waals surface area contributed by atoms with Crippen LogP contribution in [0.5, 0.6) is 0 Å². The first-order valence-electron chi connectivity index (χ1n) is 6.65. The van der Waals surface area contributed by atoms with Gasteiger partial charge in [0.25, 0.3) is 0 Å². The zero-order valence-electron chi connectivity index (χ0n) is 11.2. The fourth-order valence-corrected chi connectivity index (χ4v) is 1.91. The summed E-state index contributed by atoms with van der Waals surface area (Å²) in [5.74, 6) is -0.308. The molecule has 0 fully saturated rings. The van der Waals surface area contributed by atoms with E-state index in [4.69, 9.17) is 0 Å². The van der Waals surface area contributed by atoms with Gasteiger partial charge in [-0.05, 0) is 42.7 Å². The quantitative estimate of drug-likeness (QED) is 0.878. The normalized spacial score (nSPS) is 10.2. The maximum Gasteiger partial charge on any atom is 0.220 e. The molecule has 2 aromatic rings. The SMILES string of the molecule is O=C(CCCc1ccccn1)NCc1cccc(F)c1. The minimum atomic E-state index is -0.285. The molecule has 104 valence electrons. The molecule has 3 nitrogen and oxygen atoms in total. The maximum atomic E-state index is 13.0. The fraction of sp³-hybridized carbons (Fsp3) is 0.250. The molecule has 1 aromatic carbocycles. The van der Waals surface area contributed by atoms with Gasteiger partial charge in [0.05, 0.1) is 0 Å². The number of amides is 1. The zero-order chi connectivity index (χ0) is 14.2. The van der Waals surface area contributed by atoms with E-state index in [-0.39, 0.29) is 11.7 Å². The number of aromatic nitrogens is 1. The molecule has 0 radical (unpaired) electrons. The van der Waals surface area contributed by atoms with Gasteiger partial charge < -0.3 is 5.32 Å². The lowest BCUT2D eigenvalue weighted by molar-refractivity contribution is -0.121. The van der Waals surface area contributed by atoms with Crippen molar-refractivity contribution in [3.05, 3.63) is 65.7 Å². The van der Waals surface area contributed by atoms with Crippen molar-refractivity contribution in [1.82, 2.24) is 10.3 Å². The van der Waals surface area contributed by atoms with Crippen LogP contribution < -0.4 is 5.32 Å². The highest BCUT2D eigenvalue weighted by Crippen LogP contribution is 2.04. The predicted molar refractivity (Wildman–Crippen MR) is 75.4 cm³/mol. The van der Waals surface area contributed by atoms with E-state index in [1.165, 1.54) is 12.1 Å². The van der Waals surface area contributed by atoms with E-state index in [2.05, 4.69) is 10.3 Å². The summed E-state index contributed by atoms with van der Waals surface area (Å²) in [5, 5.41) is 2.79. The summed E-state index contributed by atoms with van der Waals surface area (Å²) in [5.41, 5.74) is 1.76. The van der Waals surface area contributed by atoms with Gasteiger partial charge in [0.15, 0.2) is 0 Å². The van der Waals surface area contributed by atoms with Crippen LogP contribution in [0.15, 0.2) is 48.7 Å². The number of carbonyl (C=O) groups excluding carboxylic acids is 1. The minimum Gasteiger partial charge on any atom is -0.352 e. The van der Waals surface area contributed by atoms with Gasteiger partial charge in [-0.3, -0.25) is 9.78 Å². The van der Waals surface area contributed by atoms with Gasteiger partial charge in [-0.25, -0.2) is 4.39 Å². The molecule has 0 atom stereocenters. The number of carbonyl (C=O) groups is 1. The highest BCUT2D eigenvalue weighted by Gasteiger charge is 2.02. The average Bonchev–Trinajstić information content (AvgIpc) is 2.46. The van der Waals surface area contributed by atoms with Crippen molar-refractivity contribution in [3.63, 3.8) is 0 Å². The summed E-state index contributed by atoms with van der Waals surface area (Å²) >= 11 is 0. The van der Waals surface area contributed by atoms with E-state index >= 15 is 0 Å². The molecule has 20 heavy (non-hydrogen) atoms. The molecule has 0 aliphatic carbocycles. The van der Waals surface area contributed by atoms with Crippen LogP contribution >= 0.6 is 0 Å². The van der Waals surface area contributed by atoms with Crippen LogP contribution in [0.25, 0.3) is 0 Å². The van der Waals surface area contributed by atoms with Crippen LogP contribution in [0.3, 0.4) is 0 Å². The van der Waals surface area contributed by atoms with Crippen molar-refractivity contribution in [1.29, 1.82) is 0 Å². The van der Waals surface area contributed by atoms with Crippen molar-refractivity contribution in [3.8, 4) is 0 Å². The van der Waals surface area contributed by atoms with Gasteiger partial charge in [0, 0.05) is 24.9 Å². The third kappa shape index (κ3) is 4.80. The van der Waals surface area contributed by atoms with Gasteiger partial charge >= 0.3 is 0 Å². The molecule has 0 saturated heterocycles. The summed E-state index contributed by atoms with van der Waals surface area (Å²) in [6.07, 6.45) is 3.74. The Hall–Kier alpha value is -2.23. The lowest BCUT2D eigenvalue weighted by atomic mass is 10.1. The van der Waals surface area contributed by atoms with Crippen LogP contribution in [0.4, 0.5) is 4.39 Å². The monoisotopic (exact) mass is 272 g/mol. The van der Waals surface area contributed by atoms with Crippen molar-refractivity contribution >= 4 is 5.91 Å². The number of rotatable bonds is 6. The number of hydrogen-bond donors (Lipinski definition) is 1. The van der Waals surface area contributed by atoms with E-state index in [0.29, 0.717) is 13.0 Å². The first-order valence-corrected chi connectivity index (χ1v) is 6.65. The Bertz CT molecular complexity index is 557. The molecule has 0 bridgehead atoms. The molecule has 0 unspecified atom stereocenters. The molecule has 0 aliphatic heterocycles. The second-order valence-electron chi connectivity index (χ2n) is 4.58. The van der Waals surface area contributed by atoms with Crippen LogP contribution in [0, 0.1) is 5.82 Å². The molecular weight excluding hydrogens is 255 g/mol. The predicted octanol–water partition coefficient (Wildman–Crippen LogP) is 2.86. The van der Waals surface area contributed by atoms with Gasteiger partial charge in [-0.2, -0.15) is 0 Å². The summed E-state index contributed by atoms with van der Waals surface area (Å²) in [6, 6.07) is 12.0. The van der Waals surface area contributed by atoms with E-state index in [1.54, 1.807) is 18.3 Å². The number of aryl methyl sites for hydroxylation is 1. The third-order valence-corrected chi connectivity index (χ3v) is 2.94. The average molecular weight is 272 g/mol. The maximum absolute atomic E-state index is 13.0. The van der Waals surface area contributed by atoms with Crippen molar-refractivity contribution in [2.75, 3.05) is 0 Å². The largest absolute Gasteiger partial charge is 0.352 e. The van der Waals surface area contributed by atoms with Crippen LogP contribution in [0.2, 0.25) is 0 Å².